The molecule has 0 aromatic heterocycles. The maximum absolute atomic E-state index is 13.4. The van der Waals surface area contributed by atoms with Gasteiger partial charge in [0, 0.05) is 31.2 Å². The van der Waals surface area contributed by atoms with Crippen molar-refractivity contribution in [3.05, 3.63) is 70.8 Å². The molecule has 3 nitrogen and oxygen atoms in total. The number of carbonyl (C=O) groups is 1. The zero-order valence-electron chi connectivity index (χ0n) is 15.8. The highest BCUT2D eigenvalue weighted by Gasteiger charge is 2.36. The fourth-order valence-corrected chi connectivity index (χ4v) is 4.53. The first-order valence-corrected chi connectivity index (χ1v) is 9.73. The molecule has 2 bridgehead atoms. The summed E-state index contributed by atoms with van der Waals surface area (Å²) in [6.45, 7) is 5.13. The SMILES string of the molecule is Cc1ccc(Cc2ccccc2C(=O)N2C[C@H]3CC[C@@H]2CN(C)C3)cc1. The van der Waals surface area contributed by atoms with Crippen molar-refractivity contribution in [2.24, 2.45) is 5.92 Å². The highest BCUT2D eigenvalue weighted by atomic mass is 16.2. The Morgan fingerprint density at radius 1 is 1.00 bits per heavy atom. The molecule has 136 valence electrons. The molecule has 1 amide bonds. The molecule has 3 heterocycles. The number of amides is 1. The van der Waals surface area contributed by atoms with Crippen LogP contribution in [0, 0.1) is 12.8 Å². The number of fused-ring (bicyclic) bond motifs is 4. The lowest BCUT2D eigenvalue weighted by atomic mass is 9.93. The van der Waals surface area contributed by atoms with E-state index in [4.69, 9.17) is 0 Å². The van der Waals surface area contributed by atoms with Crippen molar-refractivity contribution in [2.75, 3.05) is 26.7 Å². The van der Waals surface area contributed by atoms with E-state index in [1.165, 1.54) is 17.5 Å². The zero-order chi connectivity index (χ0) is 18.1. The summed E-state index contributed by atoms with van der Waals surface area (Å²) < 4.78 is 0. The summed E-state index contributed by atoms with van der Waals surface area (Å²) in [6, 6.07) is 17.1. The van der Waals surface area contributed by atoms with Gasteiger partial charge in [0.1, 0.15) is 0 Å². The smallest absolute Gasteiger partial charge is 0.254 e. The van der Waals surface area contributed by atoms with Gasteiger partial charge in [-0.1, -0.05) is 48.0 Å². The van der Waals surface area contributed by atoms with Crippen molar-refractivity contribution in [3.8, 4) is 0 Å². The average molecular weight is 348 g/mol. The number of nitrogens with zero attached hydrogens (tertiary/aromatic N) is 2. The molecule has 3 heteroatoms. The van der Waals surface area contributed by atoms with Crippen LogP contribution >= 0.6 is 0 Å². The lowest BCUT2D eigenvalue weighted by Crippen LogP contribution is -2.47. The molecule has 0 unspecified atom stereocenters. The number of likely N-dealkylation sites (N-methyl/N-ethyl adjacent to an activating group) is 1. The van der Waals surface area contributed by atoms with Gasteiger partial charge in [-0.2, -0.15) is 0 Å². The number of hydrogen-bond donors (Lipinski definition) is 0. The first-order chi connectivity index (χ1) is 12.6. The van der Waals surface area contributed by atoms with E-state index in [-0.39, 0.29) is 5.91 Å². The lowest BCUT2D eigenvalue weighted by molar-refractivity contribution is 0.0586. The van der Waals surface area contributed by atoms with Crippen molar-refractivity contribution in [1.82, 2.24) is 9.80 Å². The van der Waals surface area contributed by atoms with Crippen LogP contribution in [-0.2, 0) is 6.42 Å². The van der Waals surface area contributed by atoms with Crippen LogP contribution < -0.4 is 0 Å². The van der Waals surface area contributed by atoms with Crippen LogP contribution in [-0.4, -0.2) is 48.4 Å². The van der Waals surface area contributed by atoms with Gasteiger partial charge in [-0.05, 0) is 56.3 Å². The van der Waals surface area contributed by atoms with Crippen LogP contribution in [0.3, 0.4) is 0 Å². The van der Waals surface area contributed by atoms with E-state index in [2.05, 4.69) is 54.1 Å². The molecule has 0 spiro atoms. The quantitative estimate of drug-likeness (QED) is 0.843. The Kier molecular flexibility index (Phi) is 4.82. The first kappa shape index (κ1) is 17.3. The standard InChI is InChI=1S/C23H28N2O/c1-17-7-9-18(10-8-17)13-20-5-3-4-6-22(20)23(26)25-15-19-11-12-21(25)16-24(2)14-19/h3-10,19,21H,11-16H2,1-2H3/t19-,21+/m0/s1. The van der Waals surface area contributed by atoms with Crippen molar-refractivity contribution < 1.29 is 4.79 Å². The monoisotopic (exact) mass is 348 g/mol. The number of aryl methyl sites for hydroxylation is 1. The molecule has 3 fully saturated rings. The van der Waals surface area contributed by atoms with Crippen LogP contribution in [0.2, 0.25) is 0 Å². The van der Waals surface area contributed by atoms with Crippen LogP contribution in [0.5, 0.6) is 0 Å². The second kappa shape index (κ2) is 7.24. The van der Waals surface area contributed by atoms with Crippen molar-refractivity contribution in [1.29, 1.82) is 0 Å². The number of hydrogen-bond acceptors (Lipinski definition) is 2. The Morgan fingerprint density at radius 3 is 2.58 bits per heavy atom. The minimum atomic E-state index is 0.220. The normalized spacial score (nSPS) is 23.1. The van der Waals surface area contributed by atoms with E-state index in [9.17, 15) is 4.79 Å². The largest absolute Gasteiger partial charge is 0.334 e. The van der Waals surface area contributed by atoms with E-state index in [1.54, 1.807) is 0 Å². The number of benzene rings is 2. The molecule has 0 aliphatic carbocycles. The molecular formula is C23H28N2O. The molecule has 5 rings (SSSR count). The number of rotatable bonds is 3. The minimum Gasteiger partial charge on any atom is -0.334 e. The molecule has 0 N–H and O–H groups in total. The average Bonchev–Trinajstić information content (AvgIpc) is 2.92. The van der Waals surface area contributed by atoms with Gasteiger partial charge in [0.05, 0.1) is 0 Å². The summed E-state index contributed by atoms with van der Waals surface area (Å²) in [4.78, 5) is 18.0. The van der Waals surface area contributed by atoms with Gasteiger partial charge in [-0.15, -0.1) is 0 Å². The predicted octanol–water partition coefficient (Wildman–Crippen LogP) is 3.75. The molecule has 26 heavy (non-hydrogen) atoms. The molecular weight excluding hydrogens is 320 g/mol. The molecule has 0 radical (unpaired) electrons. The highest BCUT2D eigenvalue weighted by molar-refractivity contribution is 5.96. The summed E-state index contributed by atoms with van der Waals surface area (Å²) in [5.41, 5.74) is 4.54. The Morgan fingerprint density at radius 2 is 1.77 bits per heavy atom. The van der Waals surface area contributed by atoms with Gasteiger partial charge >= 0.3 is 0 Å². The van der Waals surface area contributed by atoms with Crippen molar-refractivity contribution in [2.45, 2.75) is 32.2 Å². The van der Waals surface area contributed by atoms with E-state index >= 15 is 0 Å². The molecule has 2 aromatic carbocycles. The molecule has 2 atom stereocenters. The molecule has 2 aromatic rings. The van der Waals surface area contributed by atoms with Crippen LogP contribution in [0.1, 0.15) is 39.9 Å². The van der Waals surface area contributed by atoms with Gasteiger partial charge in [-0.3, -0.25) is 4.79 Å². The topological polar surface area (TPSA) is 23.6 Å². The highest BCUT2D eigenvalue weighted by Crippen LogP contribution is 2.29. The van der Waals surface area contributed by atoms with E-state index in [0.29, 0.717) is 12.0 Å². The van der Waals surface area contributed by atoms with Crippen molar-refractivity contribution >= 4 is 5.91 Å². The van der Waals surface area contributed by atoms with Crippen LogP contribution in [0.25, 0.3) is 0 Å². The Hall–Kier alpha value is -2.13. The van der Waals surface area contributed by atoms with Gasteiger partial charge in [0.2, 0.25) is 0 Å². The molecule has 3 aliphatic heterocycles. The molecule has 0 saturated carbocycles. The Bertz CT molecular complexity index is 783. The second-order valence-corrected chi connectivity index (χ2v) is 8.10. The van der Waals surface area contributed by atoms with E-state index in [1.807, 2.05) is 18.2 Å². The summed E-state index contributed by atoms with van der Waals surface area (Å²) >= 11 is 0. The van der Waals surface area contributed by atoms with Gasteiger partial charge in [0.25, 0.3) is 5.91 Å². The van der Waals surface area contributed by atoms with Crippen molar-refractivity contribution in [3.63, 3.8) is 0 Å². The third kappa shape index (κ3) is 3.54. The van der Waals surface area contributed by atoms with Crippen LogP contribution in [0.15, 0.2) is 48.5 Å². The van der Waals surface area contributed by atoms with Gasteiger partial charge < -0.3 is 9.80 Å². The number of piperidine rings is 1. The minimum absolute atomic E-state index is 0.220. The van der Waals surface area contributed by atoms with E-state index in [0.717, 1.165) is 43.6 Å². The van der Waals surface area contributed by atoms with Gasteiger partial charge in [-0.25, -0.2) is 0 Å². The first-order valence-electron chi connectivity index (χ1n) is 9.73. The third-order valence-corrected chi connectivity index (χ3v) is 5.92. The number of carbonyl (C=O) groups excluding carboxylic acids is 1. The third-order valence-electron chi connectivity index (χ3n) is 5.92. The lowest BCUT2D eigenvalue weighted by Gasteiger charge is -2.36. The molecule has 3 aliphatic rings. The fraction of sp³-hybridized carbons (Fsp3) is 0.435. The maximum Gasteiger partial charge on any atom is 0.254 e. The van der Waals surface area contributed by atoms with E-state index < -0.39 is 0 Å². The second-order valence-electron chi connectivity index (χ2n) is 8.10. The van der Waals surface area contributed by atoms with Crippen LogP contribution in [0.4, 0.5) is 0 Å². The zero-order valence-corrected chi connectivity index (χ0v) is 15.8. The van der Waals surface area contributed by atoms with Gasteiger partial charge in [0.15, 0.2) is 0 Å². The summed E-state index contributed by atoms with van der Waals surface area (Å²) in [6.07, 6.45) is 3.20. The maximum atomic E-state index is 13.4. The summed E-state index contributed by atoms with van der Waals surface area (Å²) in [5.74, 6) is 0.838. The Balaban J connectivity index is 1.59. The fourth-order valence-electron chi connectivity index (χ4n) is 4.53. The summed E-state index contributed by atoms with van der Waals surface area (Å²) in [5, 5.41) is 0. The Labute approximate surface area is 156 Å². The molecule has 3 saturated heterocycles. The predicted molar refractivity (Wildman–Crippen MR) is 105 cm³/mol. The summed E-state index contributed by atoms with van der Waals surface area (Å²) in [7, 11) is 2.19.